The molecule has 3 rings (SSSR count). The minimum atomic E-state index is -4.71. The first kappa shape index (κ1) is 19.3. The Kier molecular flexibility index (Phi) is 6.04. The summed E-state index contributed by atoms with van der Waals surface area (Å²) in [5.74, 6) is 0.0639. The van der Waals surface area contributed by atoms with E-state index in [1.807, 2.05) is 30.3 Å². The summed E-state index contributed by atoms with van der Waals surface area (Å²) in [7, 11) is 0. The number of halogens is 3. The Morgan fingerprint density at radius 1 is 1.04 bits per heavy atom. The molecule has 3 nitrogen and oxygen atoms in total. The average molecular weight is 377 g/mol. The number of Topliss-reactive ketones (excluding diaryl/α,β-unsaturated/α-hetero) is 1. The lowest BCUT2D eigenvalue weighted by atomic mass is 9.82. The molecule has 1 saturated carbocycles. The third-order valence-electron chi connectivity index (χ3n) is 4.83. The van der Waals surface area contributed by atoms with Crippen molar-refractivity contribution in [3.63, 3.8) is 0 Å². The molecule has 2 aromatic rings. The smallest absolute Gasteiger partial charge is 0.406 e. The lowest BCUT2D eigenvalue weighted by Crippen LogP contribution is -2.24. The Morgan fingerprint density at radius 3 is 2.37 bits per heavy atom. The van der Waals surface area contributed by atoms with Gasteiger partial charge in [0.1, 0.15) is 11.5 Å². The van der Waals surface area contributed by atoms with E-state index in [0.717, 1.165) is 24.8 Å². The van der Waals surface area contributed by atoms with Crippen molar-refractivity contribution in [1.82, 2.24) is 0 Å². The zero-order valence-electron chi connectivity index (χ0n) is 14.8. The highest BCUT2D eigenvalue weighted by Crippen LogP contribution is 2.33. The molecule has 2 atom stereocenters. The van der Waals surface area contributed by atoms with E-state index in [0.29, 0.717) is 24.3 Å². The minimum Gasteiger partial charge on any atom is -0.406 e. The topological polar surface area (TPSA) is 38.3 Å². The molecule has 0 heterocycles. The van der Waals surface area contributed by atoms with Crippen LogP contribution in [0.2, 0.25) is 0 Å². The van der Waals surface area contributed by atoms with E-state index in [9.17, 15) is 18.0 Å². The van der Waals surface area contributed by atoms with Crippen LogP contribution in [0.3, 0.4) is 0 Å². The molecule has 2 aromatic carbocycles. The molecule has 1 aliphatic carbocycles. The Hall–Kier alpha value is -2.50. The predicted molar refractivity (Wildman–Crippen MR) is 97.5 cm³/mol. The molecule has 0 aromatic heterocycles. The Labute approximate surface area is 156 Å². The highest BCUT2D eigenvalue weighted by molar-refractivity contribution is 5.81. The van der Waals surface area contributed by atoms with Crippen molar-refractivity contribution in [3.05, 3.63) is 60.2 Å². The number of anilines is 1. The fraction of sp³-hybridized carbons (Fsp3) is 0.381. The van der Waals surface area contributed by atoms with Crippen LogP contribution in [0.4, 0.5) is 18.9 Å². The number of nitrogens with one attached hydrogen (secondary N) is 1. The van der Waals surface area contributed by atoms with Gasteiger partial charge in [-0.05, 0) is 49.1 Å². The van der Waals surface area contributed by atoms with E-state index in [-0.39, 0.29) is 17.7 Å². The van der Waals surface area contributed by atoms with Crippen LogP contribution in [-0.4, -0.2) is 12.1 Å². The fourth-order valence-electron chi connectivity index (χ4n) is 3.51. The van der Waals surface area contributed by atoms with E-state index < -0.39 is 6.36 Å². The van der Waals surface area contributed by atoms with Gasteiger partial charge in [-0.2, -0.15) is 0 Å². The standard InChI is InChI=1S/C21H22F3NO2/c22-21(23,24)27-18-12-10-17(11-13-18)25-19(15-6-2-1-3-7-15)14-16-8-4-5-9-20(16)26/h1-3,6-7,10-13,16,19,25H,4-5,8-9,14H2. The first-order chi connectivity index (χ1) is 12.9. The Balaban J connectivity index is 1.74. The van der Waals surface area contributed by atoms with Crippen LogP contribution in [0, 0.1) is 5.92 Å². The van der Waals surface area contributed by atoms with Gasteiger partial charge < -0.3 is 10.1 Å². The lowest BCUT2D eigenvalue weighted by Gasteiger charge is -2.27. The van der Waals surface area contributed by atoms with Crippen LogP contribution in [0.25, 0.3) is 0 Å². The quantitative estimate of drug-likeness (QED) is 0.682. The number of ether oxygens (including phenoxy) is 1. The third-order valence-corrected chi connectivity index (χ3v) is 4.83. The Bertz CT molecular complexity index is 744. The summed E-state index contributed by atoms with van der Waals surface area (Å²) >= 11 is 0. The van der Waals surface area contributed by atoms with Gasteiger partial charge in [0.2, 0.25) is 0 Å². The maximum Gasteiger partial charge on any atom is 0.573 e. The largest absolute Gasteiger partial charge is 0.573 e. The average Bonchev–Trinajstić information content (AvgIpc) is 2.64. The van der Waals surface area contributed by atoms with Crippen LogP contribution in [0.1, 0.15) is 43.7 Å². The molecule has 1 aliphatic rings. The van der Waals surface area contributed by atoms with E-state index in [4.69, 9.17) is 0 Å². The molecule has 0 amide bonds. The molecule has 0 spiro atoms. The zero-order chi connectivity index (χ0) is 19.3. The maximum absolute atomic E-state index is 12.3. The van der Waals surface area contributed by atoms with E-state index >= 15 is 0 Å². The number of ketones is 1. The normalized spacial score (nSPS) is 18.8. The third kappa shape index (κ3) is 5.74. The number of alkyl halides is 3. The van der Waals surface area contributed by atoms with Gasteiger partial charge in [0.15, 0.2) is 0 Å². The molecule has 144 valence electrons. The summed E-state index contributed by atoms with van der Waals surface area (Å²) in [6.45, 7) is 0. The molecule has 1 N–H and O–H groups in total. The molecule has 27 heavy (non-hydrogen) atoms. The molecule has 0 aliphatic heterocycles. The van der Waals surface area contributed by atoms with Crippen LogP contribution < -0.4 is 10.1 Å². The van der Waals surface area contributed by atoms with Crippen LogP contribution in [0.15, 0.2) is 54.6 Å². The molecule has 2 unspecified atom stereocenters. The van der Waals surface area contributed by atoms with Gasteiger partial charge in [-0.25, -0.2) is 0 Å². The summed E-state index contributed by atoms with van der Waals surface area (Å²) in [5.41, 5.74) is 1.73. The van der Waals surface area contributed by atoms with Gasteiger partial charge >= 0.3 is 6.36 Å². The van der Waals surface area contributed by atoms with Crippen molar-refractivity contribution >= 4 is 11.5 Å². The van der Waals surface area contributed by atoms with E-state index in [1.54, 1.807) is 12.1 Å². The van der Waals surface area contributed by atoms with Gasteiger partial charge in [0.05, 0.1) is 6.04 Å². The maximum atomic E-state index is 12.3. The Morgan fingerprint density at radius 2 is 1.74 bits per heavy atom. The fourth-order valence-corrected chi connectivity index (χ4v) is 3.51. The van der Waals surface area contributed by atoms with Gasteiger partial charge in [-0.3, -0.25) is 4.79 Å². The molecular formula is C21H22F3NO2. The van der Waals surface area contributed by atoms with Crippen molar-refractivity contribution in [2.24, 2.45) is 5.92 Å². The highest BCUT2D eigenvalue weighted by atomic mass is 19.4. The number of hydrogen-bond donors (Lipinski definition) is 1. The number of benzene rings is 2. The second kappa shape index (κ2) is 8.46. The summed E-state index contributed by atoms with van der Waals surface area (Å²) < 4.78 is 40.8. The lowest BCUT2D eigenvalue weighted by molar-refractivity contribution is -0.274. The molecule has 0 bridgehead atoms. The van der Waals surface area contributed by atoms with Gasteiger partial charge in [0, 0.05) is 18.0 Å². The van der Waals surface area contributed by atoms with Crippen LogP contribution >= 0.6 is 0 Å². The monoisotopic (exact) mass is 377 g/mol. The van der Waals surface area contributed by atoms with Crippen LogP contribution in [0.5, 0.6) is 5.75 Å². The van der Waals surface area contributed by atoms with Gasteiger partial charge in [-0.1, -0.05) is 36.8 Å². The summed E-state index contributed by atoms with van der Waals surface area (Å²) in [4.78, 5) is 12.2. The van der Waals surface area contributed by atoms with E-state index in [2.05, 4.69) is 10.1 Å². The molecule has 6 heteroatoms. The number of rotatable bonds is 6. The highest BCUT2D eigenvalue weighted by Gasteiger charge is 2.31. The summed E-state index contributed by atoms with van der Waals surface area (Å²) in [6, 6.07) is 15.4. The molecular weight excluding hydrogens is 355 g/mol. The van der Waals surface area contributed by atoms with Gasteiger partial charge in [0.25, 0.3) is 0 Å². The number of carbonyl (C=O) groups is 1. The van der Waals surface area contributed by atoms with Crippen molar-refractivity contribution in [2.45, 2.75) is 44.5 Å². The number of carbonyl (C=O) groups excluding carboxylic acids is 1. The minimum absolute atomic E-state index is 0.0179. The van der Waals surface area contributed by atoms with Crippen molar-refractivity contribution < 1.29 is 22.7 Å². The first-order valence-corrected chi connectivity index (χ1v) is 9.11. The molecule has 0 saturated heterocycles. The summed E-state index contributed by atoms with van der Waals surface area (Å²) in [5, 5.41) is 3.36. The second-order valence-electron chi connectivity index (χ2n) is 6.82. The first-order valence-electron chi connectivity index (χ1n) is 9.11. The van der Waals surface area contributed by atoms with Gasteiger partial charge in [-0.15, -0.1) is 13.2 Å². The van der Waals surface area contributed by atoms with Crippen molar-refractivity contribution in [2.75, 3.05) is 5.32 Å². The number of hydrogen-bond acceptors (Lipinski definition) is 3. The predicted octanol–water partition coefficient (Wildman–Crippen LogP) is 5.89. The molecule has 1 fully saturated rings. The SMILES string of the molecule is O=C1CCCCC1CC(Nc1ccc(OC(F)(F)F)cc1)c1ccccc1. The molecule has 0 radical (unpaired) electrons. The van der Waals surface area contributed by atoms with E-state index in [1.165, 1.54) is 12.1 Å². The zero-order valence-corrected chi connectivity index (χ0v) is 14.8. The summed E-state index contributed by atoms with van der Waals surface area (Å²) in [6.07, 6.45) is -0.495. The second-order valence-corrected chi connectivity index (χ2v) is 6.82. The van der Waals surface area contributed by atoms with Crippen molar-refractivity contribution in [3.8, 4) is 5.75 Å². The van der Waals surface area contributed by atoms with Crippen LogP contribution in [-0.2, 0) is 4.79 Å². The van der Waals surface area contributed by atoms with Crippen molar-refractivity contribution in [1.29, 1.82) is 0 Å².